The summed E-state index contributed by atoms with van der Waals surface area (Å²) in [4.78, 5) is 14.7. The second kappa shape index (κ2) is 11.6. The van der Waals surface area contributed by atoms with E-state index in [9.17, 15) is 57.5 Å². The highest BCUT2D eigenvalue weighted by Gasteiger charge is 2.49. The molecule has 20 heteroatoms. The van der Waals surface area contributed by atoms with Crippen molar-refractivity contribution in [2.45, 2.75) is 63.3 Å². The van der Waals surface area contributed by atoms with Crippen molar-refractivity contribution >= 4 is 17.5 Å². The van der Waals surface area contributed by atoms with E-state index in [4.69, 9.17) is 0 Å². The van der Waals surface area contributed by atoms with Crippen molar-refractivity contribution in [2.75, 3.05) is 9.80 Å². The molecule has 0 saturated carbocycles. The number of aromatic nitrogens is 4. The molecule has 0 saturated heterocycles. The number of anilines is 2. The van der Waals surface area contributed by atoms with Gasteiger partial charge in [0.2, 0.25) is 0 Å². The van der Waals surface area contributed by atoms with Crippen molar-refractivity contribution in [3.63, 3.8) is 0 Å². The average Bonchev–Trinajstić information content (AvgIpc) is 3.33. The molecule has 3 aromatic rings. The molecule has 2 atom stereocenters. The van der Waals surface area contributed by atoms with Crippen LogP contribution in [0.3, 0.4) is 0 Å². The molecule has 0 radical (unpaired) electrons. The lowest BCUT2D eigenvalue weighted by atomic mass is 9.88. The maximum atomic E-state index is 13.6. The maximum absolute atomic E-state index is 13.6. The van der Waals surface area contributed by atoms with E-state index in [0.717, 1.165) is 15.8 Å². The van der Waals surface area contributed by atoms with Crippen LogP contribution in [-0.4, -0.2) is 44.7 Å². The fourth-order valence-electron chi connectivity index (χ4n) is 4.98. The summed E-state index contributed by atoms with van der Waals surface area (Å²) in [5, 5.41) is 11.3. The molecule has 0 N–H and O–H groups in total. The van der Waals surface area contributed by atoms with Gasteiger partial charge in [-0.3, -0.25) is 4.79 Å². The van der Waals surface area contributed by atoms with E-state index >= 15 is 0 Å². The van der Waals surface area contributed by atoms with Crippen LogP contribution < -0.4 is 14.5 Å². The number of aryl methyl sites for hydroxylation is 1. The first-order valence-electron chi connectivity index (χ1n) is 12.7. The number of halogens is 12. The van der Waals surface area contributed by atoms with Gasteiger partial charge in [-0.15, -0.1) is 18.3 Å². The maximum Gasteiger partial charge on any atom is 0.573 e. The van der Waals surface area contributed by atoms with E-state index in [2.05, 4.69) is 20.1 Å². The van der Waals surface area contributed by atoms with Crippen molar-refractivity contribution < 1.29 is 62.2 Å². The zero-order valence-corrected chi connectivity index (χ0v) is 22.8. The van der Waals surface area contributed by atoms with Gasteiger partial charge in [-0.25, -0.2) is 0 Å². The van der Waals surface area contributed by atoms with E-state index in [0.29, 0.717) is 29.2 Å². The highest BCUT2D eigenvalue weighted by molar-refractivity contribution is 5.99. The molecule has 1 aliphatic heterocycles. The number of hydrogen-bond acceptors (Lipinski definition) is 6. The number of benzene rings is 2. The van der Waals surface area contributed by atoms with Gasteiger partial charge in [-0.1, -0.05) is 12.0 Å². The summed E-state index contributed by atoms with van der Waals surface area (Å²) in [6, 6.07) is 0.0922. The van der Waals surface area contributed by atoms with Crippen molar-refractivity contribution in [1.82, 2.24) is 20.2 Å². The Morgan fingerprint density at radius 2 is 1.53 bits per heavy atom. The predicted molar refractivity (Wildman–Crippen MR) is 130 cm³/mol. The van der Waals surface area contributed by atoms with E-state index < -0.39 is 95.5 Å². The van der Waals surface area contributed by atoms with Gasteiger partial charge >= 0.3 is 30.8 Å². The molecule has 2 aromatic carbocycles. The summed E-state index contributed by atoms with van der Waals surface area (Å²) in [6.07, 6.45) is -21.8. The van der Waals surface area contributed by atoms with Crippen LogP contribution in [0.25, 0.3) is 0 Å². The summed E-state index contributed by atoms with van der Waals surface area (Å²) >= 11 is 0. The van der Waals surface area contributed by atoms with Crippen LogP contribution in [0, 0.1) is 0 Å². The van der Waals surface area contributed by atoms with Crippen molar-refractivity contribution in [1.29, 1.82) is 0 Å². The van der Waals surface area contributed by atoms with Crippen LogP contribution in [0.4, 0.5) is 64.3 Å². The lowest BCUT2D eigenvalue weighted by Crippen LogP contribution is -2.52. The molecule has 246 valence electrons. The first-order valence-corrected chi connectivity index (χ1v) is 12.7. The molecule has 1 aromatic heterocycles. The number of carbonyl (C=O) groups is 1. The van der Waals surface area contributed by atoms with Gasteiger partial charge in [-0.2, -0.15) is 44.3 Å². The molecule has 4 rings (SSSR count). The lowest BCUT2D eigenvalue weighted by molar-refractivity contribution is -0.274. The van der Waals surface area contributed by atoms with E-state index in [1.54, 1.807) is 0 Å². The van der Waals surface area contributed by atoms with Gasteiger partial charge in [-0.05, 0) is 60.0 Å². The number of nitrogens with zero attached hydrogens (tertiary/aromatic N) is 6. The molecule has 0 spiro atoms. The topological polar surface area (TPSA) is 76.4 Å². The fraction of sp³-hybridized carbons (Fsp3) is 0.440. The molecule has 2 heterocycles. The summed E-state index contributed by atoms with van der Waals surface area (Å²) in [5.74, 6) is -3.71. The van der Waals surface area contributed by atoms with Gasteiger partial charge in [0.1, 0.15) is 5.75 Å². The van der Waals surface area contributed by atoms with E-state index in [1.807, 2.05) is 0 Å². The Bertz CT molecular complexity index is 1510. The quantitative estimate of drug-likeness (QED) is 0.265. The minimum Gasteiger partial charge on any atom is -0.406 e. The molecular formula is C25H20F12N6O2. The second-order valence-electron chi connectivity index (χ2n) is 9.88. The Hall–Kier alpha value is -4.26. The van der Waals surface area contributed by atoms with Crippen LogP contribution in [0.15, 0.2) is 36.4 Å². The molecule has 2 unspecified atom stereocenters. The molecule has 1 amide bonds. The largest absolute Gasteiger partial charge is 0.573 e. The smallest absolute Gasteiger partial charge is 0.406 e. The third-order valence-electron chi connectivity index (χ3n) is 6.78. The van der Waals surface area contributed by atoms with E-state index in [-0.39, 0.29) is 12.5 Å². The normalized spacial score (nSPS) is 17.7. The SMILES string of the molecule is CCC1CC(N(Cc2cc(C(F)(F)F)cc(C(F)(F)F)c2)c2nnn(C)n2)c2cc(OC(F)(F)F)ccc2N1C(=O)C(F)(F)F. The molecule has 0 aliphatic carbocycles. The third kappa shape index (κ3) is 7.52. The Balaban J connectivity index is 1.94. The number of alkyl halides is 12. The standard InChI is InChI=1S/C25H20F12N6O2/c1-3-15-9-19(17-10-16(45-25(35,36)37)4-5-18(17)43(15)20(44)24(32,33)34)42(21-38-40-41(2)39-21)11-12-6-13(22(26,27)28)8-14(7-12)23(29,30)31/h4-8,10,15,19H,3,9,11H2,1-2H3. The minimum absolute atomic E-state index is 0.112. The number of carbonyl (C=O) groups excluding carboxylic acids is 1. The molecular weight excluding hydrogens is 644 g/mol. The van der Waals surface area contributed by atoms with E-state index in [1.165, 1.54) is 14.0 Å². The Labute approximate surface area is 245 Å². The first-order chi connectivity index (χ1) is 20.6. The minimum atomic E-state index is -5.42. The molecule has 1 aliphatic rings. The summed E-state index contributed by atoms with van der Waals surface area (Å²) in [6.45, 7) is 0.550. The number of hydrogen-bond donors (Lipinski definition) is 0. The van der Waals surface area contributed by atoms with Crippen LogP contribution in [-0.2, 0) is 30.7 Å². The predicted octanol–water partition coefficient (Wildman–Crippen LogP) is 6.97. The molecule has 45 heavy (non-hydrogen) atoms. The highest BCUT2D eigenvalue weighted by Crippen LogP contribution is 2.46. The number of rotatable bonds is 6. The number of ether oxygens (including phenoxy) is 1. The van der Waals surface area contributed by atoms with Crippen molar-refractivity contribution in [3.05, 3.63) is 58.7 Å². The van der Waals surface area contributed by atoms with Crippen LogP contribution in [0.1, 0.15) is 48.1 Å². The van der Waals surface area contributed by atoms with Crippen molar-refractivity contribution in [3.8, 4) is 5.75 Å². The number of tetrazole rings is 1. The molecule has 0 bridgehead atoms. The first kappa shape index (κ1) is 33.6. The van der Waals surface area contributed by atoms with Gasteiger partial charge in [0, 0.05) is 23.8 Å². The summed E-state index contributed by atoms with van der Waals surface area (Å²) < 4.78 is 166. The highest BCUT2D eigenvalue weighted by atomic mass is 19.4. The van der Waals surface area contributed by atoms with Gasteiger partial charge in [0.25, 0.3) is 5.95 Å². The fourth-order valence-corrected chi connectivity index (χ4v) is 4.98. The molecule has 0 fully saturated rings. The van der Waals surface area contributed by atoms with Crippen LogP contribution in [0.5, 0.6) is 5.75 Å². The lowest BCUT2D eigenvalue weighted by Gasteiger charge is -2.44. The average molecular weight is 664 g/mol. The zero-order chi connectivity index (χ0) is 33.7. The molecule has 8 nitrogen and oxygen atoms in total. The Morgan fingerprint density at radius 1 is 0.933 bits per heavy atom. The van der Waals surface area contributed by atoms with Crippen LogP contribution in [0.2, 0.25) is 0 Å². The van der Waals surface area contributed by atoms with Crippen molar-refractivity contribution in [2.24, 2.45) is 7.05 Å². The summed E-state index contributed by atoms with van der Waals surface area (Å²) in [7, 11) is 1.25. The number of fused-ring (bicyclic) bond motifs is 1. The monoisotopic (exact) mass is 664 g/mol. The van der Waals surface area contributed by atoms with Gasteiger partial charge in [0.05, 0.1) is 24.2 Å². The summed E-state index contributed by atoms with van der Waals surface area (Å²) in [5.41, 5.74) is -4.87. The Morgan fingerprint density at radius 3 is 2.00 bits per heavy atom. The van der Waals surface area contributed by atoms with Gasteiger partial charge < -0.3 is 14.5 Å². The zero-order valence-electron chi connectivity index (χ0n) is 22.8. The Kier molecular flexibility index (Phi) is 8.66. The second-order valence-corrected chi connectivity index (χ2v) is 9.88. The third-order valence-corrected chi connectivity index (χ3v) is 6.78. The van der Waals surface area contributed by atoms with Gasteiger partial charge in [0.15, 0.2) is 0 Å². The number of amides is 1. The van der Waals surface area contributed by atoms with Crippen LogP contribution >= 0.6 is 0 Å².